The molecule has 1 aliphatic heterocycles. The smallest absolute Gasteiger partial charge is 0.184 e. The van der Waals surface area contributed by atoms with Gasteiger partial charge in [-0.3, -0.25) is 0 Å². The highest BCUT2D eigenvalue weighted by Crippen LogP contribution is 2.66. The summed E-state index contributed by atoms with van der Waals surface area (Å²) >= 11 is 1.03. The molecule has 5 N–H and O–H groups in total. The van der Waals surface area contributed by atoms with Crippen molar-refractivity contribution in [1.82, 2.24) is 4.57 Å². The molecule has 310 valence electrons. The van der Waals surface area contributed by atoms with Gasteiger partial charge < -0.3 is 35.0 Å². The Balaban J connectivity index is 1.06. The van der Waals surface area contributed by atoms with Gasteiger partial charge in [0, 0.05) is 27.7 Å². The van der Waals surface area contributed by atoms with Gasteiger partial charge in [-0.2, -0.15) is 0 Å². The van der Waals surface area contributed by atoms with Crippen molar-refractivity contribution >= 4 is 85.5 Å². The Morgan fingerprint density at radius 2 is 0.877 bits per heavy atom. The van der Waals surface area contributed by atoms with E-state index in [-0.39, 0.29) is 44.0 Å². The van der Waals surface area contributed by atoms with Crippen molar-refractivity contribution in [3.05, 3.63) is 182 Å². The highest BCUT2D eigenvalue weighted by molar-refractivity contribution is 8.00. The number of hydrogen-bond donors (Lipinski definition) is 5. The number of aromatic nitrogens is 1. The zero-order chi connectivity index (χ0) is 44.1. The first-order chi connectivity index (χ1) is 31.8. The van der Waals surface area contributed by atoms with Crippen LogP contribution in [0.25, 0.3) is 82.4 Å². The summed E-state index contributed by atoms with van der Waals surface area (Å²) in [6.45, 7) is 0. The minimum absolute atomic E-state index is 0.0533. The van der Waals surface area contributed by atoms with E-state index < -0.39 is 11.5 Å². The Morgan fingerprint density at radius 1 is 0.385 bits per heavy atom. The average Bonchev–Trinajstić information content (AvgIpc) is 3.69. The molecule has 0 fully saturated rings. The molecule has 0 spiro atoms. The maximum Gasteiger partial charge on any atom is 0.184 e. The van der Waals surface area contributed by atoms with Gasteiger partial charge >= 0.3 is 0 Å². The maximum atomic E-state index is 12.6. The third-order valence-electron chi connectivity index (χ3n) is 12.9. The molecule has 2 heterocycles. The molecule has 7 nitrogen and oxygen atoms in total. The number of fused-ring (bicyclic) bond motifs is 7. The van der Waals surface area contributed by atoms with Gasteiger partial charge in [0.05, 0.1) is 26.4 Å². The Labute approximate surface area is 378 Å². The van der Waals surface area contributed by atoms with Crippen molar-refractivity contribution in [2.75, 3.05) is 4.90 Å². The molecule has 0 atom stereocenters. The second kappa shape index (κ2) is 14.7. The molecule has 0 amide bonds. The van der Waals surface area contributed by atoms with Gasteiger partial charge in [-0.05, 0) is 85.7 Å². The van der Waals surface area contributed by atoms with E-state index in [1.165, 1.54) is 10.8 Å². The van der Waals surface area contributed by atoms with E-state index in [1.807, 2.05) is 109 Å². The zero-order valence-electron chi connectivity index (χ0n) is 34.9. The molecular weight excluding hydrogens is 824 g/mol. The average molecular weight is 861 g/mol. The Hall–Kier alpha value is -8.27. The van der Waals surface area contributed by atoms with Crippen LogP contribution in [-0.4, -0.2) is 37.9 Å². The Kier molecular flexibility index (Phi) is 8.66. The molecule has 10 aromatic carbocycles. The third-order valence-corrected chi connectivity index (χ3v) is 14.1. The number of para-hydroxylation sites is 2. The topological polar surface area (TPSA) is 109 Å². The van der Waals surface area contributed by atoms with Crippen LogP contribution in [-0.2, 0) is 0 Å². The normalized spacial score (nSPS) is 12.3. The molecular formula is C56H37BN2O5S. The standard InChI is InChI=1S/C56H37BN2O5S/c57-47-45(41-22-10-14-32-12-1-3-18-37(32)41)51(61)55-48(53(47)63)59(49-54(64)50(60)46(52(62)56(49)65-55)42-23-11-15-33-13-2-4-19-38(33)42)35-28-26-31(27-29-35)34-16-9-17-36(30-34)58-43-24-7-5-20-39(43)40-21-6-8-25-44(40)58/h1-30,60-64H,57H2. The minimum Gasteiger partial charge on any atom is -0.506 e. The molecule has 0 unspecified atom stereocenters. The highest BCUT2D eigenvalue weighted by Gasteiger charge is 2.39. The van der Waals surface area contributed by atoms with Gasteiger partial charge in [-0.15, -0.1) is 0 Å². The number of anilines is 3. The lowest BCUT2D eigenvalue weighted by atomic mass is 9.83. The molecule has 1 aliphatic rings. The molecule has 11 aromatic rings. The van der Waals surface area contributed by atoms with E-state index in [0.29, 0.717) is 22.3 Å². The molecule has 12 rings (SSSR count). The van der Waals surface area contributed by atoms with Gasteiger partial charge in [-0.25, -0.2) is 0 Å². The van der Waals surface area contributed by atoms with Gasteiger partial charge in [0.2, 0.25) is 0 Å². The quantitative estimate of drug-likeness (QED) is 0.0666. The van der Waals surface area contributed by atoms with E-state index in [2.05, 4.69) is 71.3 Å². The van der Waals surface area contributed by atoms with E-state index >= 15 is 0 Å². The number of hydrogen-bond acceptors (Lipinski definition) is 7. The molecule has 9 heteroatoms. The monoisotopic (exact) mass is 860 g/mol. The van der Waals surface area contributed by atoms with Crippen LogP contribution in [0.1, 0.15) is 0 Å². The first-order valence-electron chi connectivity index (χ1n) is 21.3. The van der Waals surface area contributed by atoms with Crippen molar-refractivity contribution < 1.29 is 25.5 Å². The summed E-state index contributed by atoms with van der Waals surface area (Å²) in [5, 5.41) is 67.6. The molecule has 0 aliphatic carbocycles. The summed E-state index contributed by atoms with van der Waals surface area (Å²) in [6, 6.07) is 59.8. The number of benzene rings is 10. The summed E-state index contributed by atoms with van der Waals surface area (Å²) in [4.78, 5) is 2.09. The fraction of sp³-hybridized carbons (Fsp3) is 0. The van der Waals surface area contributed by atoms with Gasteiger partial charge in [0.15, 0.2) is 11.5 Å². The number of phenols is 5. The second-order valence-electron chi connectivity index (χ2n) is 16.4. The zero-order valence-corrected chi connectivity index (χ0v) is 35.7. The number of phenolic OH excluding ortho intramolecular Hbond substituents is 5. The summed E-state index contributed by atoms with van der Waals surface area (Å²) in [5.74, 6) is -1.51. The summed E-state index contributed by atoms with van der Waals surface area (Å²) in [7, 11) is 1.76. The van der Waals surface area contributed by atoms with E-state index in [9.17, 15) is 25.5 Å². The molecule has 1 aromatic heterocycles. The van der Waals surface area contributed by atoms with Crippen LogP contribution in [0.15, 0.2) is 192 Å². The van der Waals surface area contributed by atoms with Crippen LogP contribution in [0.5, 0.6) is 28.7 Å². The van der Waals surface area contributed by atoms with E-state index in [1.54, 1.807) is 18.8 Å². The van der Waals surface area contributed by atoms with E-state index in [4.69, 9.17) is 0 Å². The van der Waals surface area contributed by atoms with Crippen LogP contribution >= 0.6 is 11.8 Å². The summed E-state index contributed by atoms with van der Waals surface area (Å²) in [5.41, 5.74) is 8.07. The maximum absolute atomic E-state index is 12.6. The number of rotatable bonds is 5. The van der Waals surface area contributed by atoms with Crippen molar-refractivity contribution in [2.24, 2.45) is 0 Å². The fourth-order valence-corrected chi connectivity index (χ4v) is 11.0. The van der Waals surface area contributed by atoms with Crippen LogP contribution in [0.2, 0.25) is 0 Å². The lowest BCUT2D eigenvalue weighted by Crippen LogP contribution is -2.20. The van der Waals surface area contributed by atoms with Crippen molar-refractivity contribution in [1.29, 1.82) is 0 Å². The van der Waals surface area contributed by atoms with Crippen LogP contribution in [0.4, 0.5) is 17.1 Å². The summed E-state index contributed by atoms with van der Waals surface area (Å²) in [6.07, 6.45) is 0. The van der Waals surface area contributed by atoms with Crippen LogP contribution < -0.4 is 10.4 Å². The highest BCUT2D eigenvalue weighted by atomic mass is 32.2. The molecule has 0 bridgehead atoms. The van der Waals surface area contributed by atoms with Gasteiger partial charge in [-0.1, -0.05) is 157 Å². The third kappa shape index (κ3) is 5.72. The number of aromatic hydroxyl groups is 5. The minimum atomic E-state index is -0.516. The van der Waals surface area contributed by atoms with E-state index in [0.717, 1.165) is 66.7 Å². The molecule has 0 saturated carbocycles. The fourth-order valence-electron chi connectivity index (χ4n) is 9.86. The van der Waals surface area contributed by atoms with Gasteiger partial charge in [0.25, 0.3) is 0 Å². The van der Waals surface area contributed by atoms with Crippen molar-refractivity contribution in [2.45, 2.75) is 9.79 Å². The van der Waals surface area contributed by atoms with Crippen molar-refractivity contribution in [3.8, 4) is 67.8 Å². The van der Waals surface area contributed by atoms with Crippen LogP contribution in [0.3, 0.4) is 0 Å². The lowest BCUT2D eigenvalue weighted by Gasteiger charge is -2.36. The molecule has 0 saturated heterocycles. The van der Waals surface area contributed by atoms with Crippen molar-refractivity contribution in [3.63, 3.8) is 0 Å². The largest absolute Gasteiger partial charge is 0.506 e. The molecule has 65 heavy (non-hydrogen) atoms. The Morgan fingerprint density at radius 3 is 1.49 bits per heavy atom. The van der Waals surface area contributed by atoms with Crippen LogP contribution in [0, 0.1) is 0 Å². The first-order valence-corrected chi connectivity index (χ1v) is 22.1. The molecule has 0 radical (unpaired) electrons. The first kappa shape index (κ1) is 38.4. The summed E-state index contributed by atoms with van der Waals surface area (Å²) < 4.78 is 2.28. The number of nitrogens with zero attached hydrogens (tertiary/aromatic N) is 2. The predicted octanol–water partition coefficient (Wildman–Crippen LogP) is 12.8. The lowest BCUT2D eigenvalue weighted by molar-refractivity contribution is 0.395. The SMILES string of the molecule is Bc1c(O)c2c(c(O)c1-c1cccc3ccccc13)Sc1c(O)c(-c3cccc4ccccc34)c(O)c(O)c1N2c1ccc(-c2cccc(-n3c4ccccc4c4ccccc43)c2)cc1. The second-order valence-corrected chi connectivity index (χ2v) is 17.5. The van der Waals surface area contributed by atoms with Gasteiger partial charge in [0.1, 0.15) is 36.5 Å². The Bertz CT molecular complexity index is 3580. The predicted molar refractivity (Wildman–Crippen MR) is 267 cm³/mol.